The lowest BCUT2D eigenvalue weighted by molar-refractivity contribution is -0.0242. The molecule has 14 nitrogen and oxygen atoms in total. The van der Waals surface area contributed by atoms with Crippen molar-refractivity contribution in [2.24, 2.45) is 35.5 Å². The van der Waals surface area contributed by atoms with Gasteiger partial charge >= 0.3 is 0 Å². The number of pyridine rings is 2. The van der Waals surface area contributed by atoms with Crippen LogP contribution in [0.1, 0.15) is 102 Å². The normalized spacial score (nSPS) is 28.8. The van der Waals surface area contributed by atoms with Gasteiger partial charge in [-0.15, -0.1) is 0 Å². The molecule has 0 spiro atoms. The summed E-state index contributed by atoms with van der Waals surface area (Å²) in [4.78, 5) is 81.3. The van der Waals surface area contributed by atoms with E-state index < -0.39 is 64.0 Å². The molecule has 14 rings (SSSR count). The van der Waals surface area contributed by atoms with Gasteiger partial charge in [-0.05, 0) is 123 Å². The predicted molar refractivity (Wildman–Crippen MR) is 225 cm³/mol. The molecule has 2 aromatic heterocycles. The number of hydrogen-bond donors (Lipinski definition) is 4. The molecule has 2 aromatic carbocycles. The van der Waals surface area contributed by atoms with Crippen molar-refractivity contribution >= 4 is 23.6 Å². The topological polar surface area (TPSA) is 183 Å². The molecule has 4 N–H and O–H groups in total. The number of nitrogens with one attached hydrogen (secondary N) is 2. The lowest BCUT2D eigenvalue weighted by Crippen LogP contribution is -2.63. The molecule has 10 atom stereocenters. The van der Waals surface area contributed by atoms with E-state index in [0.717, 1.165) is 62.8 Å². The molecule has 18 heteroatoms. The smallest absolute Gasteiger partial charge is 0.275 e. The van der Waals surface area contributed by atoms with Gasteiger partial charge in [0.25, 0.3) is 23.6 Å². The third-order valence-electron chi connectivity index (χ3n) is 16.0. The van der Waals surface area contributed by atoms with E-state index in [1.165, 1.54) is 28.5 Å². The average Bonchev–Trinajstić information content (AvgIpc) is 4.22. The maximum absolute atomic E-state index is 14.1. The van der Waals surface area contributed by atoms with Gasteiger partial charge in [0.1, 0.15) is 34.4 Å². The maximum Gasteiger partial charge on any atom is 0.275 e. The van der Waals surface area contributed by atoms with Crippen LogP contribution in [0.2, 0.25) is 0 Å². The van der Waals surface area contributed by atoms with Crippen molar-refractivity contribution < 1.29 is 47.0 Å². The Morgan fingerprint density at radius 2 is 1.06 bits per heavy atom. The lowest BCUT2D eigenvalue weighted by Gasteiger charge is -2.53. The highest BCUT2D eigenvalue weighted by Gasteiger charge is 2.64. The van der Waals surface area contributed by atoms with E-state index in [1.54, 1.807) is 6.92 Å². The Balaban J connectivity index is 0.000000146. The van der Waals surface area contributed by atoms with Crippen molar-refractivity contribution in [3.05, 3.63) is 125 Å². The van der Waals surface area contributed by atoms with Gasteiger partial charge in [-0.25, -0.2) is 17.6 Å². The van der Waals surface area contributed by atoms with Crippen LogP contribution in [-0.2, 0) is 26.2 Å². The number of fused-ring (bicyclic) bond motifs is 4. The third-order valence-corrected chi connectivity index (χ3v) is 16.0. The lowest BCUT2D eigenvalue weighted by atomic mass is 9.73. The Morgan fingerprint density at radius 1 is 0.591 bits per heavy atom. The summed E-state index contributed by atoms with van der Waals surface area (Å²) in [5.41, 5.74) is -2.62. The van der Waals surface area contributed by atoms with Crippen molar-refractivity contribution in [1.29, 1.82) is 0 Å². The number of carbonyl (C=O) groups excluding carboxylic acids is 4. The van der Waals surface area contributed by atoms with Gasteiger partial charge < -0.3 is 39.8 Å². The minimum Gasteiger partial charge on any atom is -0.503 e. The molecule has 10 aliphatic rings. The Hall–Kier alpha value is -6.46. The largest absolute Gasteiger partial charge is 0.503 e. The fraction of sp³-hybridized carbons (Fsp3) is 0.458. The van der Waals surface area contributed by atoms with Crippen LogP contribution >= 0.6 is 0 Å². The number of benzene rings is 2. The van der Waals surface area contributed by atoms with Gasteiger partial charge in [-0.1, -0.05) is 0 Å². The molecule has 4 unspecified atom stereocenters. The van der Waals surface area contributed by atoms with Gasteiger partial charge in [-0.3, -0.25) is 28.8 Å². The highest BCUT2D eigenvalue weighted by molar-refractivity contribution is 6.00. The second-order valence-electron chi connectivity index (χ2n) is 19.5. The molecule has 0 radical (unpaired) electrons. The van der Waals surface area contributed by atoms with E-state index in [2.05, 4.69) is 10.6 Å². The zero-order valence-electron chi connectivity index (χ0n) is 36.0. The number of aromatic nitrogens is 2. The number of hydrogen-bond acceptors (Lipinski definition) is 8. The Labute approximate surface area is 374 Å². The van der Waals surface area contributed by atoms with E-state index in [4.69, 9.17) is 0 Å². The van der Waals surface area contributed by atoms with Gasteiger partial charge in [0, 0.05) is 61.8 Å². The Kier molecular flexibility index (Phi) is 9.61. The Bertz CT molecular complexity index is 2950. The number of piperidine rings is 4. The highest BCUT2D eigenvalue weighted by atomic mass is 19.1. The number of halogens is 4. The standard InChI is InChI=1S/2C24H23F2N3O4/c1-10-4-17(26)11(5-16(10)25)7-27-23(32)15-8-28-9-19-12-2-3-18(14-6-13(12)14)29(19)24(33)20(28)22(31)21(15)30;1-10-4-16(25)14(17(26)5-10)7-27-23(32)15-8-28-9-19-11-2-3-18(13-6-12(11)13)29(19)24(33)20(28)22(31)21(15)30/h4-5,8,12-14,18-19,31H,2-3,6-7,9H2,1H3,(H,27,32);4-5,8,11-13,18-19,31H,2-3,6-7,9H2,1H3,(H,27,32)/t12?,13-,14-,18?,19-;11?,12-,13-,18?,19-/m00/s1. The molecule has 66 heavy (non-hydrogen) atoms. The van der Waals surface area contributed by atoms with Crippen molar-refractivity contribution in [1.82, 2.24) is 29.6 Å². The molecule has 6 aliphatic heterocycles. The van der Waals surface area contributed by atoms with E-state index in [1.807, 2.05) is 9.80 Å². The minimum absolute atomic E-state index is 0.00468. The molecule has 4 saturated carbocycles. The van der Waals surface area contributed by atoms with Gasteiger partial charge in [0.05, 0.1) is 12.1 Å². The first-order valence-electron chi connectivity index (χ1n) is 22.6. The van der Waals surface area contributed by atoms with Crippen LogP contribution < -0.4 is 21.5 Å². The van der Waals surface area contributed by atoms with Crippen LogP contribution in [0, 0.1) is 72.6 Å². The number of aryl methyl sites for hydroxylation is 2. The Morgan fingerprint density at radius 3 is 1.55 bits per heavy atom. The molecule has 8 heterocycles. The maximum atomic E-state index is 14.1. The first kappa shape index (κ1) is 42.2. The third kappa shape index (κ3) is 6.40. The molecule has 4 aliphatic carbocycles. The van der Waals surface area contributed by atoms with E-state index in [0.29, 0.717) is 54.2 Å². The molecule has 344 valence electrons. The predicted octanol–water partition coefficient (Wildman–Crippen LogP) is 4.65. The summed E-state index contributed by atoms with van der Waals surface area (Å²) in [6.07, 6.45) is 8.86. The fourth-order valence-electron chi connectivity index (χ4n) is 12.8. The van der Waals surface area contributed by atoms with Crippen molar-refractivity contribution in [3.63, 3.8) is 0 Å². The molecule has 8 fully saturated rings. The number of rotatable bonds is 6. The monoisotopic (exact) mass is 910 g/mol. The average molecular weight is 911 g/mol. The quantitative estimate of drug-likeness (QED) is 0.202. The van der Waals surface area contributed by atoms with Crippen LogP contribution in [-0.4, -0.2) is 76.9 Å². The summed E-state index contributed by atoms with van der Waals surface area (Å²) < 4.78 is 59.1. The van der Waals surface area contributed by atoms with Crippen molar-refractivity contribution in [3.8, 4) is 11.5 Å². The van der Waals surface area contributed by atoms with Gasteiger partial charge in [0.15, 0.2) is 22.9 Å². The van der Waals surface area contributed by atoms with E-state index in [-0.39, 0.29) is 81.7 Å². The second kappa shape index (κ2) is 15.0. The van der Waals surface area contributed by atoms with Crippen LogP contribution in [0.25, 0.3) is 0 Å². The molecule has 4 saturated heterocycles. The van der Waals surface area contributed by atoms with Crippen LogP contribution in [0.4, 0.5) is 17.6 Å². The summed E-state index contributed by atoms with van der Waals surface area (Å²) in [5.74, 6) is -3.66. The van der Waals surface area contributed by atoms with Crippen LogP contribution in [0.3, 0.4) is 0 Å². The number of nitrogens with zero attached hydrogens (tertiary/aromatic N) is 4. The number of carbonyl (C=O) groups is 4. The van der Waals surface area contributed by atoms with E-state index >= 15 is 0 Å². The fourth-order valence-corrected chi connectivity index (χ4v) is 12.8. The van der Waals surface area contributed by atoms with Crippen LogP contribution in [0.5, 0.6) is 11.5 Å². The first-order valence-corrected chi connectivity index (χ1v) is 22.6. The first-order chi connectivity index (χ1) is 31.5. The number of amides is 4. The molecule has 4 bridgehead atoms. The highest BCUT2D eigenvalue weighted by Crippen LogP contribution is 2.62. The van der Waals surface area contributed by atoms with Crippen LogP contribution in [0.15, 0.2) is 46.2 Å². The SMILES string of the molecule is Cc1cc(F)c(CNC(=O)c2cn3c(c(O)c2=O)C(=O)N2C4CCC([C@@H]5C[C@H]45)[C@@H]2C3)c(F)c1.Cc1cc(F)c(CNC(=O)c2cn3c(c(O)c2=O)C(=O)N2C4CCC([C@@H]5C[C@H]45)[C@@H]2C3)cc1F. The van der Waals surface area contributed by atoms with E-state index in [9.17, 15) is 56.5 Å². The van der Waals surface area contributed by atoms with Crippen molar-refractivity contribution in [2.45, 2.75) is 103 Å². The molecular formula is C48H46F4N6O8. The van der Waals surface area contributed by atoms with Gasteiger partial charge in [-0.2, -0.15) is 0 Å². The summed E-state index contributed by atoms with van der Waals surface area (Å²) in [6, 6.07) is 4.65. The molecule has 4 amide bonds. The zero-order valence-corrected chi connectivity index (χ0v) is 36.0. The molecule has 4 aromatic rings. The zero-order chi connectivity index (χ0) is 46.4. The summed E-state index contributed by atoms with van der Waals surface area (Å²) in [7, 11) is 0. The number of aromatic hydroxyl groups is 2. The summed E-state index contributed by atoms with van der Waals surface area (Å²) in [6.45, 7) is 3.02. The summed E-state index contributed by atoms with van der Waals surface area (Å²) in [5, 5.41) is 26.0. The van der Waals surface area contributed by atoms with Gasteiger partial charge in [0.2, 0.25) is 10.9 Å². The minimum atomic E-state index is -0.970. The van der Waals surface area contributed by atoms with Crippen molar-refractivity contribution in [2.75, 3.05) is 0 Å². The molecular weight excluding hydrogens is 865 g/mol. The summed E-state index contributed by atoms with van der Waals surface area (Å²) >= 11 is 0. The second-order valence-corrected chi connectivity index (χ2v) is 19.5.